The lowest BCUT2D eigenvalue weighted by molar-refractivity contribution is 0.0905. The first-order chi connectivity index (χ1) is 16.4. The zero-order chi connectivity index (χ0) is 24.1. The van der Waals surface area contributed by atoms with Crippen LogP contribution in [0.1, 0.15) is 24.2 Å². The molecule has 4 nitrogen and oxygen atoms in total. The maximum Gasteiger partial charge on any atom is 0.327 e. The molecule has 0 saturated heterocycles. The number of aliphatic hydroxyl groups is 1. The van der Waals surface area contributed by atoms with Crippen LogP contribution in [0.5, 0.6) is 0 Å². The number of anilines is 2. The van der Waals surface area contributed by atoms with Gasteiger partial charge in [-0.15, -0.1) is 0 Å². The van der Waals surface area contributed by atoms with Crippen LogP contribution in [0.4, 0.5) is 16.2 Å². The van der Waals surface area contributed by atoms with Crippen LogP contribution in [0.25, 0.3) is 0 Å². The highest BCUT2D eigenvalue weighted by molar-refractivity contribution is 6.31. The van der Waals surface area contributed by atoms with Gasteiger partial charge in [0.25, 0.3) is 0 Å². The second kappa shape index (κ2) is 10.3. The van der Waals surface area contributed by atoms with Crippen molar-refractivity contribution in [1.29, 1.82) is 0 Å². The molecule has 0 bridgehead atoms. The Kier molecular flexibility index (Phi) is 7.23. The molecule has 0 radical (unpaired) electrons. The minimum atomic E-state index is -1.17. The molecule has 6 heteroatoms. The number of urea groups is 1. The summed E-state index contributed by atoms with van der Waals surface area (Å²) in [5, 5.41) is 15.8. The molecule has 2 N–H and O–H groups in total. The van der Waals surface area contributed by atoms with Crippen LogP contribution in [0.2, 0.25) is 10.0 Å². The largest absolute Gasteiger partial charge is 0.386 e. The molecule has 0 aromatic heterocycles. The number of hydrogen-bond acceptors (Lipinski definition) is 2. The SMILES string of the molecule is CC(c1ccccc1)(C(O)c1ccccc1)N(C(=O)Nc1ccc(Cl)cc1)c1ccc(Cl)cc1. The number of nitrogens with one attached hydrogen (secondary N) is 1. The quantitative estimate of drug-likeness (QED) is 0.291. The second-order valence-electron chi connectivity index (χ2n) is 8.08. The minimum absolute atomic E-state index is 0.411. The van der Waals surface area contributed by atoms with Crippen LogP contribution in [0, 0.1) is 0 Å². The van der Waals surface area contributed by atoms with Crippen LogP contribution in [-0.2, 0) is 5.54 Å². The number of nitrogens with zero attached hydrogens (tertiary/aromatic N) is 1. The average Bonchev–Trinajstić information content (AvgIpc) is 2.87. The zero-order valence-electron chi connectivity index (χ0n) is 18.5. The standard InChI is InChI=1S/C28H24Cl2N2O2/c1-28(21-10-6-3-7-11-21,26(33)20-8-4-2-5-9-20)32(25-18-14-23(30)15-19-25)27(34)31-24-16-12-22(29)13-17-24/h2-19,26,33H,1H3,(H,31,34). The Morgan fingerprint density at radius 1 is 0.794 bits per heavy atom. The number of rotatable bonds is 6. The third kappa shape index (κ3) is 4.95. The van der Waals surface area contributed by atoms with Gasteiger partial charge in [0.2, 0.25) is 0 Å². The van der Waals surface area contributed by atoms with Gasteiger partial charge in [0.05, 0.1) is 0 Å². The van der Waals surface area contributed by atoms with Crippen LogP contribution < -0.4 is 10.2 Å². The Bertz CT molecular complexity index is 1230. The summed E-state index contributed by atoms with van der Waals surface area (Å²) in [6, 6.07) is 32.3. The van der Waals surface area contributed by atoms with E-state index in [4.69, 9.17) is 23.2 Å². The van der Waals surface area contributed by atoms with Crippen molar-refractivity contribution in [3.63, 3.8) is 0 Å². The molecule has 4 rings (SSSR count). The van der Waals surface area contributed by atoms with E-state index in [-0.39, 0.29) is 0 Å². The number of hydrogen-bond donors (Lipinski definition) is 2. The van der Waals surface area contributed by atoms with Crippen LogP contribution in [0.15, 0.2) is 109 Å². The third-order valence-corrected chi connectivity index (χ3v) is 6.36. The predicted molar refractivity (Wildman–Crippen MR) is 140 cm³/mol. The van der Waals surface area contributed by atoms with E-state index in [0.29, 0.717) is 27.0 Å². The summed E-state index contributed by atoms with van der Waals surface area (Å²) >= 11 is 12.2. The van der Waals surface area contributed by atoms with Crippen molar-refractivity contribution in [2.75, 3.05) is 10.2 Å². The zero-order valence-corrected chi connectivity index (χ0v) is 20.0. The molecule has 2 atom stereocenters. The average molecular weight is 491 g/mol. The topological polar surface area (TPSA) is 52.6 Å². The van der Waals surface area contributed by atoms with Crippen LogP contribution in [-0.4, -0.2) is 11.1 Å². The van der Waals surface area contributed by atoms with E-state index in [2.05, 4.69) is 5.32 Å². The Balaban J connectivity index is 1.88. The van der Waals surface area contributed by atoms with E-state index in [9.17, 15) is 9.90 Å². The van der Waals surface area contributed by atoms with Crippen molar-refractivity contribution in [3.8, 4) is 0 Å². The molecular formula is C28H24Cl2N2O2. The molecule has 0 aliphatic rings. The summed E-state index contributed by atoms with van der Waals surface area (Å²) in [6.45, 7) is 1.86. The number of amides is 2. The first-order valence-corrected chi connectivity index (χ1v) is 11.6. The van der Waals surface area contributed by atoms with Crippen molar-refractivity contribution in [3.05, 3.63) is 130 Å². The number of halogens is 2. The first kappa shape index (κ1) is 23.8. The molecule has 4 aromatic carbocycles. The maximum atomic E-state index is 13.9. The van der Waals surface area contributed by atoms with Gasteiger partial charge in [-0.05, 0) is 66.6 Å². The molecule has 4 aromatic rings. The van der Waals surface area contributed by atoms with Gasteiger partial charge in [-0.3, -0.25) is 4.90 Å². The highest BCUT2D eigenvalue weighted by Crippen LogP contribution is 2.43. The molecule has 0 heterocycles. The van der Waals surface area contributed by atoms with Crippen molar-refractivity contribution >= 4 is 40.6 Å². The second-order valence-corrected chi connectivity index (χ2v) is 8.95. The fraction of sp³-hybridized carbons (Fsp3) is 0.107. The maximum absolute atomic E-state index is 13.9. The van der Waals surface area contributed by atoms with E-state index in [1.807, 2.05) is 67.6 Å². The third-order valence-electron chi connectivity index (χ3n) is 5.85. The summed E-state index contributed by atoms with van der Waals surface area (Å²) in [7, 11) is 0. The summed E-state index contributed by atoms with van der Waals surface area (Å²) in [5.74, 6) is 0. The van der Waals surface area contributed by atoms with Crippen molar-refractivity contribution in [2.24, 2.45) is 0 Å². The molecule has 172 valence electrons. The lowest BCUT2D eigenvalue weighted by Crippen LogP contribution is -2.53. The van der Waals surface area contributed by atoms with Gasteiger partial charge in [-0.25, -0.2) is 4.79 Å². The molecule has 0 saturated carbocycles. The fourth-order valence-electron chi connectivity index (χ4n) is 4.04. The molecule has 34 heavy (non-hydrogen) atoms. The predicted octanol–water partition coefficient (Wildman–Crippen LogP) is 7.68. The lowest BCUT2D eigenvalue weighted by Gasteiger charge is -2.45. The number of benzene rings is 4. The smallest absolute Gasteiger partial charge is 0.327 e. The van der Waals surface area contributed by atoms with Gasteiger partial charge in [0.1, 0.15) is 11.6 Å². The van der Waals surface area contributed by atoms with Gasteiger partial charge in [0, 0.05) is 21.4 Å². The Morgan fingerprint density at radius 3 is 1.85 bits per heavy atom. The van der Waals surface area contributed by atoms with Gasteiger partial charge in [-0.1, -0.05) is 83.9 Å². The molecule has 2 unspecified atom stereocenters. The van der Waals surface area contributed by atoms with Crippen molar-refractivity contribution < 1.29 is 9.90 Å². The Labute approximate surface area is 209 Å². The van der Waals surface area contributed by atoms with Crippen LogP contribution in [0.3, 0.4) is 0 Å². The number of aliphatic hydroxyl groups excluding tert-OH is 1. The molecule has 2 amide bonds. The first-order valence-electron chi connectivity index (χ1n) is 10.8. The van der Waals surface area contributed by atoms with E-state index in [1.54, 1.807) is 53.4 Å². The Morgan fingerprint density at radius 2 is 1.29 bits per heavy atom. The van der Waals surface area contributed by atoms with E-state index in [0.717, 1.165) is 5.56 Å². The van der Waals surface area contributed by atoms with Gasteiger partial charge >= 0.3 is 6.03 Å². The molecule has 0 fully saturated rings. The highest BCUT2D eigenvalue weighted by atomic mass is 35.5. The lowest BCUT2D eigenvalue weighted by atomic mass is 9.81. The van der Waals surface area contributed by atoms with Crippen molar-refractivity contribution in [2.45, 2.75) is 18.6 Å². The summed E-state index contributed by atoms with van der Waals surface area (Å²) in [6.07, 6.45) is -1.04. The molecule has 0 aliphatic heterocycles. The van der Waals surface area contributed by atoms with Gasteiger partial charge < -0.3 is 10.4 Å². The summed E-state index contributed by atoms with van der Waals surface area (Å²) in [5.41, 5.74) is 1.45. The van der Waals surface area contributed by atoms with Crippen molar-refractivity contribution in [1.82, 2.24) is 0 Å². The van der Waals surface area contributed by atoms with Gasteiger partial charge in [0.15, 0.2) is 0 Å². The normalized spacial score (nSPS) is 13.5. The molecular weight excluding hydrogens is 467 g/mol. The number of carbonyl (C=O) groups excluding carboxylic acids is 1. The number of carbonyl (C=O) groups is 1. The molecule has 0 spiro atoms. The van der Waals surface area contributed by atoms with E-state index >= 15 is 0 Å². The Hall–Kier alpha value is -3.31. The van der Waals surface area contributed by atoms with Gasteiger partial charge in [-0.2, -0.15) is 0 Å². The minimum Gasteiger partial charge on any atom is -0.386 e. The molecule has 0 aliphatic carbocycles. The summed E-state index contributed by atoms with van der Waals surface area (Å²) in [4.78, 5) is 15.5. The van der Waals surface area contributed by atoms with Crippen LogP contribution >= 0.6 is 23.2 Å². The summed E-state index contributed by atoms with van der Waals surface area (Å²) < 4.78 is 0. The van der Waals surface area contributed by atoms with E-state index < -0.39 is 17.7 Å². The monoisotopic (exact) mass is 490 g/mol. The van der Waals surface area contributed by atoms with E-state index in [1.165, 1.54) is 0 Å². The highest BCUT2D eigenvalue weighted by Gasteiger charge is 2.45. The fourth-order valence-corrected chi connectivity index (χ4v) is 4.30.